The van der Waals surface area contributed by atoms with Crippen LogP contribution in [0.5, 0.6) is 5.88 Å². The molecule has 10 heteroatoms. The number of aromatic nitrogens is 2. The lowest BCUT2D eigenvalue weighted by Gasteiger charge is -2.32. The first-order valence-corrected chi connectivity index (χ1v) is 13.5. The van der Waals surface area contributed by atoms with E-state index in [-0.39, 0.29) is 24.2 Å². The molecule has 4 atom stereocenters. The van der Waals surface area contributed by atoms with Gasteiger partial charge in [0.1, 0.15) is 11.5 Å². The molecular weight excluding hydrogens is 504 g/mol. The van der Waals surface area contributed by atoms with Gasteiger partial charge in [-0.2, -0.15) is 0 Å². The molecule has 1 amide bonds. The highest BCUT2D eigenvalue weighted by Gasteiger charge is 2.47. The number of hydrogen-bond donors (Lipinski definition) is 2. The highest BCUT2D eigenvalue weighted by atomic mass is 32.1. The Labute approximate surface area is 225 Å². The van der Waals surface area contributed by atoms with Gasteiger partial charge < -0.3 is 24.6 Å². The summed E-state index contributed by atoms with van der Waals surface area (Å²) in [6.07, 6.45) is 1.21. The van der Waals surface area contributed by atoms with Crippen LogP contribution < -0.4 is 10.1 Å². The van der Waals surface area contributed by atoms with Crippen LogP contribution in [0.2, 0.25) is 0 Å². The van der Waals surface area contributed by atoms with Crippen molar-refractivity contribution in [2.45, 2.75) is 57.7 Å². The lowest BCUT2D eigenvalue weighted by Crippen LogP contribution is -2.46. The number of aryl methyl sites for hydroxylation is 1. The first-order chi connectivity index (χ1) is 18.1. The summed E-state index contributed by atoms with van der Waals surface area (Å²) in [5, 5.41) is 17.8. The Hall–Kier alpha value is -3.50. The number of carbonyl (C=O) groups is 2. The van der Waals surface area contributed by atoms with Crippen LogP contribution in [0.1, 0.15) is 50.1 Å². The molecular formula is C28H32N4O5S. The average Bonchev–Trinajstić information content (AvgIpc) is 3.67. The van der Waals surface area contributed by atoms with E-state index in [1.165, 1.54) is 7.11 Å². The minimum Gasteiger partial charge on any atom is -0.479 e. The first kappa shape index (κ1) is 26.1. The predicted molar refractivity (Wildman–Crippen MR) is 143 cm³/mol. The Bertz CT molecular complexity index is 1380. The number of rotatable bonds is 7. The van der Waals surface area contributed by atoms with Crippen LogP contribution >= 0.6 is 11.3 Å². The fourth-order valence-corrected chi connectivity index (χ4v) is 6.19. The molecule has 9 nitrogen and oxygen atoms in total. The molecule has 2 N–H and O–H groups in total. The summed E-state index contributed by atoms with van der Waals surface area (Å²) >= 11 is 1.58. The lowest BCUT2D eigenvalue weighted by molar-refractivity contribution is -0.135. The molecule has 1 fully saturated rings. The summed E-state index contributed by atoms with van der Waals surface area (Å²) in [7, 11) is 1.49. The van der Waals surface area contributed by atoms with Crippen LogP contribution in [-0.4, -0.2) is 57.6 Å². The zero-order valence-corrected chi connectivity index (χ0v) is 22.9. The molecule has 2 aromatic heterocycles. The highest BCUT2D eigenvalue weighted by Crippen LogP contribution is 2.38. The van der Waals surface area contributed by atoms with Crippen molar-refractivity contribution in [2.75, 3.05) is 13.7 Å². The number of nitrogens with one attached hydrogen (secondary N) is 1. The third kappa shape index (κ3) is 4.52. The van der Waals surface area contributed by atoms with Gasteiger partial charge in [-0.15, -0.1) is 11.3 Å². The smallest absolute Gasteiger partial charge is 0.254 e. The molecule has 38 heavy (non-hydrogen) atoms. The molecule has 2 aliphatic rings. The number of β-amino-alcohol motifs (C(OH)–C–C–N with tert-alkyl or cyclic N) is 1. The van der Waals surface area contributed by atoms with Crippen molar-refractivity contribution in [1.82, 2.24) is 20.4 Å². The largest absolute Gasteiger partial charge is 0.479 e. The quantitative estimate of drug-likeness (QED) is 0.468. The molecule has 0 radical (unpaired) electrons. The summed E-state index contributed by atoms with van der Waals surface area (Å²) < 4.78 is 10.6. The van der Waals surface area contributed by atoms with Gasteiger partial charge in [-0.1, -0.05) is 38.1 Å². The van der Waals surface area contributed by atoms with Gasteiger partial charge in [0.2, 0.25) is 5.91 Å². The Morgan fingerprint density at radius 3 is 2.66 bits per heavy atom. The number of thiazole rings is 1. The minimum absolute atomic E-state index is 0.0864. The number of aliphatic hydroxyl groups excluding tert-OH is 1. The van der Waals surface area contributed by atoms with E-state index in [1.54, 1.807) is 28.4 Å². The molecule has 0 bridgehead atoms. The standard InChI is InChI=1S/C28H32N4O5S/c1-15(2)25(22-12-24(36-5)31-37-22)27(35)32-13-19(33)10-21(32)20-11-23(34)28(4,30-20)18-8-6-17(7-9-18)26-16(3)29-14-38-26/h6-9,11-12,14-15,19,21,25,30,33H,10,13H2,1-5H3/t19-,21+,25-,28+/m1/s1. The van der Waals surface area contributed by atoms with E-state index in [1.807, 2.05) is 57.5 Å². The Balaban J connectivity index is 1.39. The number of ketones is 1. The molecule has 3 aromatic rings. The van der Waals surface area contributed by atoms with Crippen molar-refractivity contribution >= 4 is 23.0 Å². The van der Waals surface area contributed by atoms with E-state index in [0.717, 1.165) is 21.7 Å². The molecule has 5 rings (SSSR count). The summed E-state index contributed by atoms with van der Waals surface area (Å²) in [6, 6.07) is 9.07. The summed E-state index contributed by atoms with van der Waals surface area (Å²) in [4.78, 5) is 34.2. The third-order valence-corrected chi connectivity index (χ3v) is 8.50. The van der Waals surface area contributed by atoms with E-state index in [9.17, 15) is 14.7 Å². The SMILES string of the molecule is COc1cc([C@H](C(=O)N2C[C@H](O)C[C@H]2C2=CC(=O)[C@](C)(c3ccc(-c4scnc4C)cc3)N2)C(C)C)on1. The molecule has 200 valence electrons. The van der Waals surface area contributed by atoms with Crippen molar-refractivity contribution in [3.63, 3.8) is 0 Å². The fourth-order valence-electron chi connectivity index (χ4n) is 5.38. The number of amides is 1. The molecule has 0 saturated carbocycles. The number of aliphatic hydroxyl groups is 1. The van der Waals surface area contributed by atoms with Crippen molar-refractivity contribution in [2.24, 2.45) is 5.92 Å². The third-order valence-electron chi connectivity index (χ3n) is 7.52. The van der Waals surface area contributed by atoms with Crippen LogP contribution in [-0.2, 0) is 15.1 Å². The van der Waals surface area contributed by atoms with Gasteiger partial charge in [-0.25, -0.2) is 4.98 Å². The average molecular weight is 537 g/mol. The Morgan fingerprint density at radius 1 is 1.32 bits per heavy atom. The summed E-state index contributed by atoms with van der Waals surface area (Å²) in [5.41, 5.74) is 4.32. The number of ether oxygens (including phenoxy) is 1. The molecule has 4 heterocycles. The van der Waals surface area contributed by atoms with Crippen molar-refractivity contribution < 1.29 is 24.0 Å². The van der Waals surface area contributed by atoms with E-state index in [4.69, 9.17) is 9.26 Å². The molecule has 1 aromatic carbocycles. The molecule has 1 saturated heterocycles. The number of likely N-dealkylation sites (tertiary alicyclic amines) is 1. The van der Waals surface area contributed by atoms with Crippen LogP contribution in [0, 0.1) is 12.8 Å². The summed E-state index contributed by atoms with van der Waals surface area (Å²) in [5.74, 6) is -0.262. The van der Waals surface area contributed by atoms with Crippen LogP contribution in [0.25, 0.3) is 10.4 Å². The first-order valence-electron chi connectivity index (χ1n) is 12.7. The van der Waals surface area contributed by atoms with Gasteiger partial charge in [0.15, 0.2) is 11.5 Å². The zero-order chi connectivity index (χ0) is 27.2. The summed E-state index contributed by atoms with van der Waals surface area (Å²) in [6.45, 7) is 7.87. The Kier molecular flexibility index (Phi) is 6.87. The molecule has 0 spiro atoms. The van der Waals surface area contributed by atoms with Crippen LogP contribution in [0.3, 0.4) is 0 Å². The van der Waals surface area contributed by atoms with E-state index in [0.29, 0.717) is 23.8 Å². The van der Waals surface area contributed by atoms with Crippen LogP contribution in [0.4, 0.5) is 0 Å². The van der Waals surface area contributed by atoms with E-state index < -0.39 is 23.6 Å². The fraction of sp³-hybridized carbons (Fsp3) is 0.429. The second-order valence-electron chi connectivity index (χ2n) is 10.4. The number of hydrogen-bond acceptors (Lipinski definition) is 9. The van der Waals surface area contributed by atoms with E-state index in [2.05, 4.69) is 15.5 Å². The highest BCUT2D eigenvalue weighted by molar-refractivity contribution is 7.13. The maximum Gasteiger partial charge on any atom is 0.254 e. The van der Waals surface area contributed by atoms with Crippen molar-refractivity contribution in [3.8, 4) is 16.3 Å². The van der Waals surface area contributed by atoms with Crippen molar-refractivity contribution in [3.05, 3.63) is 64.6 Å². The Morgan fingerprint density at radius 2 is 2.05 bits per heavy atom. The van der Waals surface area contributed by atoms with Gasteiger partial charge in [-0.3, -0.25) is 9.59 Å². The topological polar surface area (TPSA) is 118 Å². The number of benzene rings is 1. The normalized spacial score (nSPS) is 24.0. The molecule has 0 aliphatic carbocycles. The van der Waals surface area contributed by atoms with Gasteiger partial charge in [0, 0.05) is 30.8 Å². The zero-order valence-electron chi connectivity index (χ0n) is 22.1. The van der Waals surface area contributed by atoms with Gasteiger partial charge in [0.25, 0.3) is 5.88 Å². The second-order valence-corrected chi connectivity index (χ2v) is 11.3. The van der Waals surface area contributed by atoms with Crippen molar-refractivity contribution in [1.29, 1.82) is 0 Å². The number of carbonyl (C=O) groups excluding carboxylic acids is 2. The van der Waals surface area contributed by atoms with Gasteiger partial charge >= 0.3 is 0 Å². The maximum atomic E-state index is 13.8. The second kappa shape index (κ2) is 9.99. The predicted octanol–water partition coefficient (Wildman–Crippen LogP) is 3.79. The molecule has 2 aliphatic heterocycles. The molecule has 0 unspecified atom stereocenters. The van der Waals surface area contributed by atoms with Gasteiger partial charge in [0.05, 0.1) is 35.3 Å². The van der Waals surface area contributed by atoms with Crippen LogP contribution in [0.15, 0.2) is 52.1 Å². The number of methoxy groups -OCH3 is 1. The van der Waals surface area contributed by atoms with E-state index >= 15 is 0 Å². The lowest BCUT2D eigenvalue weighted by atomic mass is 9.89. The monoisotopic (exact) mass is 536 g/mol. The number of nitrogens with zero attached hydrogens (tertiary/aromatic N) is 3. The minimum atomic E-state index is -0.978. The maximum absolute atomic E-state index is 13.8. The van der Waals surface area contributed by atoms with Gasteiger partial charge in [-0.05, 0) is 36.0 Å².